The molecule has 0 aliphatic rings. The van der Waals surface area contributed by atoms with Crippen LogP contribution in [0.2, 0.25) is 0 Å². The molecule has 0 saturated heterocycles. The highest BCUT2D eigenvalue weighted by molar-refractivity contribution is 9.10. The van der Waals surface area contributed by atoms with Crippen molar-refractivity contribution in [2.24, 2.45) is 0 Å². The summed E-state index contributed by atoms with van der Waals surface area (Å²) < 4.78 is 27.6. The Kier molecular flexibility index (Phi) is 4.49. The van der Waals surface area contributed by atoms with Gasteiger partial charge in [0.2, 0.25) is 0 Å². The van der Waals surface area contributed by atoms with Crippen molar-refractivity contribution in [3.63, 3.8) is 0 Å². The standard InChI is InChI=1S/C15H12BrF2NO/c1-9(10-5-2-3-8-13(10)17)19-15(20)11-6-4-7-12(16)14(11)18/h2-9H,1H3,(H,19,20). The van der Waals surface area contributed by atoms with Gasteiger partial charge in [-0.15, -0.1) is 0 Å². The molecule has 0 aromatic heterocycles. The highest BCUT2D eigenvalue weighted by Gasteiger charge is 2.18. The van der Waals surface area contributed by atoms with E-state index in [1.807, 2.05) is 0 Å². The van der Waals surface area contributed by atoms with E-state index in [-0.39, 0.29) is 10.0 Å². The van der Waals surface area contributed by atoms with Crippen LogP contribution < -0.4 is 5.32 Å². The summed E-state index contributed by atoms with van der Waals surface area (Å²) in [6.07, 6.45) is 0. The molecule has 1 unspecified atom stereocenters. The molecule has 0 bridgehead atoms. The van der Waals surface area contributed by atoms with Crippen molar-refractivity contribution in [2.45, 2.75) is 13.0 Å². The molecule has 0 fully saturated rings. The number of nitrogens with one attached hydrogen (secondary N) is 1. The second kappa shape index (κ2) is 6.13. The Labute approximate surface area is 123 Å². The first-order chi connectivity index (χ1) is 9.50. The van der Waals surface area contributed by atoms with Crippen molar-refractivity contribution in [1.82, 2.24) is 5.32 Å². The zero-order chi connectivity index (χ0) is 14.7. The van der Waals surface area contributed by atoms with E-state index in [1.54, 1.807) is 31.2 Å². The summed E-state index contributed by atoms with van der Waals surface area (Å²) in [5.41, 5.74) is 0.277. The molecule has 1 amide bonds. The highest BCUT2D eigenvalue weighted by Crippen LogP contribution is 2.20. The molecule has 1 atom stereocenters. The lowest BCUT2D eigenvalue weighted by Crippen LogP contribution is -2.28. The van der Waals surface area contributed by atoms with Crippen LogP contribution in [0, 0.1) is 11.6 Å². The van der Waals surface area contributed by atoms with E-state index in [9.17, 15) is 13.6 Å². The lowest BCUT2D eigenvalue weighted by molar-refractivity contribution is 0.0935. The number of hydrogen-bond donors (Lipinski definition) is 1. The molecule has 0 saturated carbocycles. The molecular weight excluding hydrogens is 328 g/mol. The summed E-state index contributed by atoms with van der Waals surface area (Å²) in [6.45, 7) is 1.65. The summed E-state index contributed by atoms with van der Waals surface area (Å²) in [7, 11) is 0. The van der Waals surface area contributed by atoms with Crippen molar-refractivity contribution in [3.8, 4) is 0 Å². The molecule has 2 nitrogen and oxygen atoms in total. The Bertz CT molecular complexity index is 646. The van der Waals surface area contributed by atoms with Gasteiger partial charge in [-0.3, -0.25) is 4.79 Å². The number of carbonyl (C=O) groups is 1. The van der Waals surface area contributed by atoms with Crippen molar-refractivity contribution in [1.29, 1.82) is 0 Å². The van der Waals surface area contributed by atoms with Gasteiger partial charge >= 0.3 is 0 Å². The van der Waals surface area contributed by atoms with Crippen LogP contribution in [0.25, 0.3) is 0 Å². The molecule has 0 spiro atoms. The number of amides is 1. The van der Waals surface area contributed by atoms with Gasteiger partial charge in [0.1, 0.15) is 11.6 Å². The molecule has 2 aromatic rings. The quantitative estimate of drug-likeness (QED) is 0.891. The van der Waals surface area contributed by atoms with Crippen LogP contribution in [0.3, 0.4) is 0 Å². The summed E-state index contributed by atoms with van der Waals surface area (Å²) in [5, 5.41) is 2.58. The Hall–Kier alpha value is -1.75. The third-order valence-corrected chi connectivity index (χ3v) is 3.53. The Balaban J connectivity index is 2.20. The second-order valence-corrected chi connectivity index (χ2v) is 5.17. The molecule has 0 heterocycles. The maximum absolute atomic E-state index is 13.8. The van der Waals surface area contributed by atoms with Crippen LogP contribution in [0.4, 0.5) is 8.78 Å². The van der Waals surface area contributed by atoms with Crippen LogP contribution in [0.5, 0.6) is 0 Å². The lowest BCUT2D eigenvalue weighted by atomic mass is 10.1. The fourth-order valence-corrected chi connectivity index (χ4v) is 2.22. The zero-order valence-corrected chi connectivity index (χ0v) is 12.2. The van der Waals surface area contributed by atoms with Crippen LogP contribution >= 0.6 is 15.9 Å². The van der Waals surface area contributed by atoms with Gasteiger partial charge in [0.05, 0.1) is 16.1 Å². The van der Waals surface area contributed by atoms with Gasteiger partial charge in [-0.25, -0.2) is 8.78 Å². The first kappa shape index (κ1) is 14.7. The molecule has 2 rings (SSSR count). The molecule has 0 aliphatic heterocycles. The van der Waals surface area contributed by atoms with E-state index >= 15 is 0 Å². The fraction of sp³-hybridized carbons (Fsp3) is 0.133. The molecule has 0 radical (unpaired) electrons. The van der Waals surface area contributed by atoms with Gasteiger partial charge in [-0.1, -0.05) is 24.3 Å². The summed E-state index contributed by atoms with van der Waals surface area (Å²) in [6, 6.07) is 10.0. The van der Waals surface area contributed by atoms with Gasteiger partial charge in [0, 0.05) is 5.56 Å². The number of hydrogen-bond acceptors (Lipinski definition) is 1. The van der Waals surface area contributed by atoms with E-state index in [0.717, 1.165) is 0 Å². The van der Waals surface area contributed by atoms with Crippen molar-refractivity contribution in [3.05, 3.63) is 69.7 Å². The van der Waals surface area contributed by atoms with Crippen LogP contribution in [-0.4, -0.2) is 5.91 Å². The normalized spacial score (nSPS) is 12.0. The zero-order valence-electron chi connectivity index (χ0n) is 10.7. The third kappa shape index (κ3) is 3.04. The molecule has 2 aromatic carbocycles. The van der Waals surface area contributed by atoms with E-state index in [2.05, 4.69) is 21.2 Å². The first-order valence-corrected chi connectivity index (χ1v) is 6.79. The van der Waals surface area contributed by atoms with Gasteiger partial charge in [-0.05, 0) is 41.1 Å². The van der Waals surface area contributed by atoms with Crippen molar-refractivity contribution in [2.75, 3.05) is 0 Å². The Morgan fingerprint density at radius 2 is 1.85 bits per heavy atom. The Morgan fingerprint density at radius 3 is 2.55 bits per heavy atom. The van der Waals surface area contributed by atoms with Gasteiger partial charge in [-0.2, -0.15) is 0 Å². The summed E-state index contributed by atoms with van der Waals surface area (Å²) >= 11 is 3.02. The van der Waals surface area contributed by atoms with Crippen molar-refractivity contribution >= 4 is 21.8 Å². The minimum absolute atomic E-state index is 0.0810. The predicted octanol–water partition coefficient (Wildman–Crippen LogP) is 4.22. The van der Waals surface area contributed by atoms with E-state index in [0.29, 0.717) is 5.56 Å². The average Bonchev–Trinajstić information content (AvgIpc) is 2.42. The van der Waals surface area contributed by atoms with Crippen molar-refractivity contribution < 1.29 is 13.6 Å². The smallest absolute Gasteiger partial charge is 0.254 e. The number of rotatable bonds is 3. The number of halogens is 3. The molecule has 1 N–H and O–H groups in total. The maximum atomic E-state index is 13.8. The van der Waals surface area contributed by atoms with Gasteiger partial charge in [0.25, 0.3) is 5.91 Å². The molecule has 104 valence electrons. The highest BCUT2D eigenvalue weighted by atomic mass is 79.9. The lowest BCUT2D eigenvalue weighted by Gasteiger charge is -2.15. The van der Waals surface area contributed by atoms with E-state index in [4.69, 9.17) is 0 Å². The maximum Gasteiger partial charge on any atom is 0.254 e. The number of carbonyl (C=O) groups excluding carboxylic acids is 1. The largest absolute Gasteiger partial charge is 0.345 e. The second-order valence-electron chi connectivity index (χ2n) is 4.32. The predicted molar refractivity (Wildman–Crippen MR) is 76.4 cm³/mol. The monoisotopic (exact) mass is 339 g/mol. The minimum Gasteiger partial charge on any atom is -0.345 e. The molecule has 20 heavy (non-hydrogen) atoms. The molecule has 0 aliphatic carbocycles. The SMILES string of the molecule is CC(NC(=O)c1cccc(Br)c1F)c1ccccc1F. The van der Waals surface area contributed by atoms with Crippen LogP contribution in [-0.2, 0) is 0 Å². The Morgan fingerprint density at radius 1 is 1.15 bits per heavy atom. The van der Waals surface area contributed by atoms with E-state index in [1.165, 1.54) is 18.2 Å². The molecule has 5 heteroatoms. The summed E-state index contributed by atoms with van der Waals surface area (Å²) in [5.74, 6) is -1.62. The fourth-order valence-electron chi connectivity index (χ4n) is 1.86. The van der Waals surface area contributed by atoms with Gasteiger partial charge < -0.3 is 5.32 Å². The van der Waals surface area contributed by atoms with E-state index < -0.39 is 23.6 Å². The third-order valence-electron chi connectivity index (χ3n) is 2.92. The molecular formula is C15H12BrF2NO. The topological polar surface area (TPSA) is 29.1 Å². The average molecular weight is 340 g/mol. The first-order valence-electron chi connectivity index (χ1n) is 6.00. The van der Waals surface area contributed by atoms with Crippen LogP contribution in [0.15, 0.2) is 46.9 Å². The number of benzene rings is 2. The summed E-state index contributed by atoms with van der Waals surface area (Å²) in [4.78, 5) is 12.0. The van der Waals surface area contributed by atoms with Gasteiger partial charge in [0.15, 0.2) is 0 Å². The minimum atomic E-state index is -0.634. The van der Waals surface area contributed by atoms with Crippen LogP contribution in [0.1, 0.15) is 28.9 Å².